The Morgan fingerprint density at radius 1 is 1.00 bits per heavy atom. The number of nitrogens with two attached hydrogens (primary N) is 1. The van der Waals surface area contributed by atoms with Crippen molar-refractivity contribution in [2.45, 2.75) is 32.6 Å². The average molecular weight is 371 g/mol. The van der Waals surface area contributed by atoms with E-state index in [1.165, 1.54) is 0 Å². The van der Waals surface area contributed by atoms with E-state index in [9.17, 15) is 14.4 Å². The molecular formula is C17H27ClN4O3. The van der Waals surface area contributed by atoms with Crippen molar-refractivity contribution in [2.24, 2.45) is 5.73 Å². The number of hydrogen-bond acceptors (Lipinski definition) is 4. The van der Waals surface area contributed by atoms with Crippen LogP contribution in [-0.4, -0.2) is 37.4 Å². The van der Waals surface area contributed by atoms with Gasteiger partial charge in [0.1, 0.15) is 0 Å². The van der Waals surface area contributed by atoms with Gasteiger partial charge in [0.15, 0.2) is 0 Å². The molecule has 0 aliphatic rings. The largest absolute Gasteiger partial charge is 0.356 e. The van der Waals surface area contributed by atoms with Crippen LogP contribution in [0.4, 0.5) is 5.69 Å². The summed E-state index contributed by atoms with van der Waals surface area (Å²) in [5, 5.41) is 8.16. The molecule has 0 fully saturated rings. The van der Waals surface area contributed by atoms with E-state index in [0.29, 0.717) is 43.7 Å². The smallest absolute Gasteiger partial charge is 0.253 e. The van der Waals surface area contributed by atoms with Crippen molar-refractivity contribution in [3.8, 4) is 0 Å². The lowest BCUT2D eigenvalue weighted by Crippen LogP contribution is -2.30. The summed E-state index contributed by atoms with van der Waals surface area (Å²) >= 11 is 0. The third-order valence-corrected chi connectivity index (χ3v) is 3.26. The van der Waals surface area contributed by atoms with E-state index in [-0.39, 0.29) is 36.5 Å². The van der Waals surface area contributed by atoms with Gasteiger partial charge < -0.3 is 21.7 Å². The fraction of sp³-hybridized carbons (Fsp3) is 0.471. The summed E-state index contributed by atoms with van der Waals surface area (Å²) < 4.78 is 0. The molecule has 0 aromatic heterocycles. The lowest BCUT2D eigenvalue weighted by molar-refractivity contribution is -0.121. The highest BCUT2D eigenvalue weighted by atomic mass is 35.5. The Bertz CT molecular complexity index is 567. The van der Waals surface area contributed by atoms with E-state index >= 15 is 0 Å². The molecule has 0 aliphatic heterocycles. The Morgan fingerprint density at radius 3 is 2.36 bits per heavy atom. The number of hydrogen-bond donors (Lipinski definition) is 4. The summed E-state index contributed by atoms with van der Waals surface area (Å²) in [5.41, 5.74) is 6.21. The summed E-state index contributed by atoms with van der Waals surface area (Å²) in [6.07, 6.45) is 1.88. The van der Waals surface area contributed by atoms with Crippen LogP contribution in [0.3, 0.4) is 0 Å². The SMILES string of the molecule is CCCNC(=O)CCCC(=O)Nc1ccccc1C(=O)NCCN.Cl. The van der Waals surface area contributed by atoms with Crippen LogP contribution in [0.25, 0.3) is 0 Å². The molecule has 1 aromatic rings. The standard InChI is InChI=1S/C17H26N4O3.ClH/c1-2-11-19-15(22)8-5-9-16(23)21-14-7-4-3-6-13(14)17(24)20-12-10-18;/h3-4,6-7H,2,5,8-12,18H2,1H3,(H,19,22)(H,20,24)(H,21,23);1H. The molecule has 25 heavy (non-hydrogen) atoms. The molecule has 0 unspecified atom stereocenters. The number of para-hydroxylation sites is 1. The van der Waals surface area contributed by atoms with Crippen molar-refractivity contribution < 1.29 is 14.4 Å². The molecule has 8 heteroatoms. The van der Waals surface area contributed by atoms with Gasteiger partial charge in [-0.1, -0.05) is 19.1 Å². The van der Waals surface area contributed by atoms with Gasteiger partial charge in [0.05, 0.1) is 11.3 Å². The Kier molecular flexibility index (Phi) is 12.1. The molecule has 0 saturated heterocycles. The first-order valence-electron chi connectivity index (χ1n) is 8.22. The number of anilines is 1. The number of nitrogens with one attached hydrogen (secondary N) is 3. The lowest BCUT2D eigenvalue weighted by Gasteiger charge is -2.11. The number of carbonyl (C=O) groups excluding carboxylic acids is 3. The van der Waals surface area contributed by atoms with Crippen molar-refractivity contribution in [3.63, 3.8) is 0 Å². The second-order valence-corrected chi connectivity index (χ2v) is 5.34. The molecule has 1 rings (SSSR count). The van der Waals surface area contributed by atoms with Gasteiger partial charge in [-0.05, 0) is 25.0 Å². The van der Waals surface area contributed by atoms with Crippen molar-refractivity contribution in [1.82, 2.24) is 10.6 Å². The minimum atomic E-state index is -0.282. The second kappa shape index (κ2) is 13.2. The van der Waals surface area contributed by atoms with Crippen LogP contribution in [-0.2, 0) is 9.59 Å². The monoisotopic (exact) mass is 370 g/mol. The summed E-state index contributed by atoms with van der Waals surface area (Å²) in [5.74, 6) is -0.557. The van der Waals surface area contributed by atoms with Gasteiger partial charge in [-0.3, -0.25) is 14.4 Å². The average Bonchev–Trinajstić information content (AvgIpc) is 2.58. The topological polar surface area (TPSA) is 113 Å². The van der Waals surface area contributed by atoms with E-state index in [0.717, 1.165) is 6.42 Å². The predicted molar refractivity (Wildman–Crippen MR) is 101 cm³/mol. The van der Waals surface area contributed by atoms with Gasteiger partial charge in [-0.25, -0.2) is 0 Å². The quantitative estimate of drug-likeness (QED) is 0.499. The molecule has 5 N–H and O–H groups in total. The molecule has 0 radical (unpaired) electrons. The summed E-state index contributed by atoms with van der Waals surface area (Å²) in [4.78, 5) is 35.5. The molecule has 0 aliphatic carbocycles. The number of rotatable bonds is 10. The first-order chi connectivity index (χ1) is 11.6. The zero-order chi connectivity index (χ0) is 17.8. The van der Waals surface area contributed by atoms with E-state index in [1.54, 1.807) is 24.3 Å². The molecule has 3 amide bonds. The number of halogens is 1. The second-order valence-electron chi connectivity index (χ2n) is 5.34. The van der Waals surface area contributed by atoms with E-state index < -0.39 is 0 Å². The minimum Gasteiger partial charge on any atom is -0.356 e. The molecular weight excluding hydrogens is 344 g/mol. The molecule has 0 spiro atoms. The van der Waals surface area contributed by atoms with Crippen LogP contribution in [0.5, 0.6) is 0 Å². The van der Waals surface area contributed by atoms with Crippen molar-refractivity contribution in [2.75, 3.05) is 25.0 Å². The third-order valence-electron chi connectivity index (χ3n) is 3.26. The maximum Gasteiger partial charge on any atom is 0.253 e. The highest BCUT2D eigenvalue weighted by molar-refractivity contribution is 6.03. The van der Waals surface area contributed by atoms with E-state index in [1.807, 2.05) is 6.92 Å². The van der Waals surface area contributed by atoms with Crippen molar-refractivity contribution >= 4 is 35.8 Å². The third kappa shape index (κ3) is 9.07. The predicted octanol–water partition coefficient (Wildman–Crippen LogP) is 1.43. The number of carbonyl (C=O) groups is 3. The van der Waals surface area contributed by atoms with Crippen LogP contribution in [0, 0.1) is 0 Å². The normalized spacial score (nSPS) is 9.68. The Morgan fingerprint density at radius 2 is 1.68 bits per heavy atom. The lowest BCUT2D eigenvalue weighted by atomic mass is 10.1. The summed E-state index contributed by atoms with van der Waals surface area (Å²) in [7, 11) is 0. The number of amides is 3. The number of benzene rings is 1. The van der Waals surface area contributed by atoms with Gasteiger partial charge in [-0.2, -0.15) is 0 Å². The molecule has 1 aromatic carbocycles. The van der Waals surface area contributed by atoms with Gasteiger partial charge in [0, 0.05) is 32.5 Å². The highest BCUT2D eigenvalue weighted by Crippen LogP contribution is 2.15. The first-order valence-corrected chi connectivity index (χ1v) is 8.22. The fourth-order valence-electron chi connectivity index (χ4n) is 2.05. The van der Waals surface area contributed by atoms with Crippen LogP contribution >= 0.6 is 12.4 Å². The van der Waals surface area contributed by atoms with E-state index in [4.69, 9.17) is 5.73 Å². The zero-order valence-corrected chi connectivity index (χ0v) is 15.3. The zero-order valence-electron chi connectivity index (χ0n) is 14.5. The maximum atomic E-state index is 12.0. The fourth-order valence-corrected chi connectivity index (χ4v) is 2.05. The van der Waals surface area contributed by atoms with Crippen LogP contribution in [0.15, 0.2) is 24.3 Å². The Labute approximate surface area is 154 Å². The van der Waals surface area contributed by atoms with Crippen LogP contribution in [0.1, 0.15) is 43.0 Å². The summed E-state index contributed by atoms with van der Waals surface area (Å²) in [6.45, 7) is 3.35. The first kappa shape index (κ1) is 22.9. The van der Waals surface area contributed by atoms with E-state index in [2.05, 4.69) is 16.0 Å². The molecule has 140 valence electrons. The maximum absolute atomic E-state index is 12.0. The molecule has 7 nitrogen and oxygen atoms in total. The Hall–Kier alpha value is -2.12. The van der Waals surface area contributed by atoms with Gasteiger partial charge in [0.25, 0.3) is 5.91 Å². The van der Waals surface area contributed by atoms with Crippen molar-refractivity contribution in [3.05, 3.63) is 29.8 Å². The summed E-state index contributed by atoms with van der Waals surface area (Å²) in [6, 6.07) is 6.78. The van der Waals surface area contributed by atoms with Gasteiger partial charge in [-0.15, -0.1) is 12.4 Å². The van der Waals surface area contributed by atoms with Gasteiger partial charge in [0.2, 0.25) is 11.8 Å². The molecule has 0 saturated carbocycles. The molecule has 0 heterocycles. The minimum absolute atomic E-state index is 0. The van der Waals surface area contributed by atoms with Crippen LogP contribution in [0.2, 0.25) is 0 Å². The molecule has 0 bridgehead atoms. The molecule has 0 atom stereocenters. The van der Waals surface area contributed by atoms with Gasteiger partial charge >= 0.3 is 0 Å². The van der Waals surface area contributed by atoms with Crippen LogP contribution < -0.4 is 21.7 Å². The van der Waals surface area contributed by atoms with Crippen molar-refractivity contribution in [1.29, 1.82) is 0 Å². The Balaban J connectivity index is 0.00000576. The highest BCUT2D eigenvalue weighted by Gasteiger charge is 2.12.